The number of carboxylic acids is 1. The van der Waals surface area contributed by atoms with Crippen LogP contribution in [-0.2, 0) is 14.3 Å². The first kappa shape index (κ1) is 15.9. The lowest BCUT2D eigenvalue weighted by Crippen LogP contribution is -2.44. The second-order valence-electron chi connectivity index (χ2n) is 5.19. The van der Waals surface area contributed by atoms with Crippen LogP contribution in [0.2, 0.25) is 0 Å². The number of amides is 1. The van der Waals surface area contributed by atoms with Crippen LogP contribution in [0.25, 0.3) is 0 Å². The van der Waals surface area contributed by atoms with Crippen LogP contribution in [0.1, 0.15) is 20.3 Å². The Bertz CT molecular complexity index is 322. The van der Waals surface area contributed by atoms with Gasteiger partial charge >= 0.3 is 5.97 Å². The van der Waals surface area contributed by atoms with E-state index in [2.05, 4.69) is 5.32 Å². The maximum atomic E-state index is 11.9. The molecule has 0 aromatic rings. The Hall–Kier alpha value is -1.14. The minimum absolute atomic E-state index is 0.0469. The largest absolute Gasteiger partial charge is 0.481 e. The Kier molecular flexibility index (Phi) is 6.24. The summed E-state index contributed by atoms with van der Waals surface area (Å²) in [6.07, 6.45) is 0.781. The molecule has 0 bridgehead atoms. The van der Waals surface area contributed by atoms with Gasteiger partial charge in [-0.15, -0.1) is 0 Å². The molecule has 6 heteroatoms. The van der Waals surface area contributed by atoms with Gasteiger partial charge in [0.05, 0.1) is 12.0 Å². The molecule has 110 valence electrons. The van der Waals surface area contributed by atoms with E-state index in [1.165, 1.54) is 0 Å². The van der Waals surface area contributed by atoms with Gasteiger partial charge in [-0.05, 0) is 19.3 Å². The van der Waals surface area contributed by atoms with E-state index in [9.17, 15) is 9.59 Å². The second-order valence-corrected chi connectivity index (χ2v) is 5.19. The fourth-order valence-electron chi connectivity index (χ4n) is 2.38. The quantitative estimate of drug-likeness (QED) is 0.646. The van der Waals surface area contributed by atoms with Crippen molar-refractivity contribution in [3.05, 3.63) is 0 Å². The molecule has 1 aliphatic rings. The monoisotopic (exact) mass is 272 g/mol. The first-order chi connectivity index (χ1) is 8.97. The van der Waals surface area contributed by atoms with Gasteiger partial charge in [0.1, 0.15) is 0 Å². The molecule has 1 fully saturated rings. The summed E-state index contributed by atoms with van der Waals surface area (Å²) in [6, 6.07) is -0.283. The highest BCUT2D eigenvalue weighted by Gasteiger charge is 2.38. The summed E-state index contributed by atoms with van der Waals surface area (Å²) >= 11 is 0. The molecular formula is C13H24N2O4. The van der Waals surface area contributed by atoms with E-state index in [1.807, 2.05) is 18.7 Å². The number of aliphatic carboxylic acids is 1. The number of nitrogens with zero attached hydrogens (tertiary/aromatic N) is 1. The first-order valence-corrected chi connectivity index (χ1v) is 6.70. The summed E-state index contributed by atoms with van der Waals surface area (Å²) in [5.74, 6) is -1.11. The number of hydrogen-bond acceptors (Lipinski definition) is 4. The molecule has 1 amide bonds. The van der Waals surface area contributed by atoms with Gasteiger partial charge < -0.3 is 15.2 Å². The fourth-order valence-corrected chi connectivity index (χ4v) is 2.38. The molecule has 0 spiro atoms. The highest BCUT2D eigenvalue weighted by molar-refractivity contribution is 5.81. The van der Waals surface area contributed by atoms with Crippen molar-refractivity contribution in [3.63, 3.8) is 0 Å². The third-order valence-electron chi connectivity index (χ3n) is 3.71. The van der Waals surface area contributed by atoms with Gasteiger partial charge in [-0.3, -0.25) is 14.5 Å². The molecule has 3 unspecified atom stereocenters. The van der Waals surface area contributed by atoms with Crippen molar-refractivity contribution in [3.8, 4) is 0 Å². The van der Waals surface area contributed by atoms with Crippen LogP contribution >= 0.6 is 0 Å². The van der Waals surface area contributed by atoms with E-state index in [-0.39, 0.29) is 23.8 Å². The Balaban J connectivity index is 2.39. The van der Waals surface area contributed by atoms with E-state index in [4.69, 9.17) is 9.84 Å². The molecule has 1 rings (SSSR count). The van der Waals surface area contributed by atoms with Crippen LogP contribution in [0, 0.1) is 11.8 Å². The number of hydrogen-bond donors (Lipinski definition) is 2. The van der Waals surface area contributed by atoms with E-state index in [1.54, 1.807) is 7.11 Å². The summed E-state index contributed by atoms with van der Waals surface area (Å²) in [7, 11) is 1.63. The first-order valence-electron chi connectivity index (χ1n) is 6.70. The number of carbonyl (C=O) groups is 2. The molecule has 0 aromatic heterocycles. The number of ether oxygens (including phenoxy) is 1. The number of carbonyl (C=O) groups excluding carboxylic acids is 1. The molecule has 6 nitrogen and oxygen atoms in total. The maximum Gasteiger partial charge on any atom is 0.308 e. The molecule has 2 N–H and O–H groups in total. The molecule has 0 radical (unpaired) electrons. The lowest BCUT2D eigenvalue weighted by molar-refractivity contribution is -0.142. The van der Waals surface area contributed by atoms with Gasteiger partial charge in [0.15, 0.2) is 0 Å². The zero-order valence-corrected chi connectivity index (χ0v) is 11.9. The van der Waals surface area contributed by atoms with E-state index < -0.39 is 5.97 Å². The summed E-state index contributed by atoms with van der Waals surface area (Å²) < 4.78 is 4.91. The predicted molar refractivity (Wildman–Crippen MR) is 70.8 cm³/mol. The molecule has 0 saturated carbocycles. The third-order valence-corrected chi connectivity index (χ3v) is 3.71. The van der Waals surface area contributed by atoms with Crippen molar-refractivity contribution in [1.82, 2.24) is 10.2 Å². The molecule has 1 aliphatic heterocycles. The molecule has 1 heterocycles. The van der Waals surface area contributed by atoms with E-state index in [0.717, 1.165) is 6.42 Å². The number of nitrogens with one attached hydrogen (secondary N) is 1. The Morgan fingerprint density at radius 1 is 1.47 bits per heavy atom. The number of carboxylic acid groups (broad SMARTS) is 1. The standard InChI is InChI=1S/C13H24N2O4/c1-9-7-15(8-11(9)13(17)18)10(2)12(16)14-5-4-6-19-3/h9-11H,4-8H2,1-3H3,(H,14,16)(H,17,18). The number of rotatable bonds is 7. The number of methoxy groups -OCH3 is 1. The van der Waals surface area contributed by atoms with Gasteiger partial charge in [0, 0.05) is 33.4 Å². The van der Waals surface area contributed by atoms with Crippen LogP contribution in [0.15, 0.2) is 0 Å². The van der Waals surface area contributed by atoms with Gasteiger partial charge in [0.2, 0.25) is 5.91 Å². The van der Waals surface area contributed by atoms with Crippen LogP contribution in [0.4, 0.5) is 0 Å². The van der Waals surface area contributed by atoms with Crippen molar-refractivity contribution in [1.29, 1.82) is 0 Å². The van der Waals surface area contributed by atoms with E-state index in [0.29, 0.717) is 26.2 Å². The minimum atomic E-state index is -0.775. The Morgan fingerprint density at radius 2 is 2.16 bits per heavy atom. The number of likely N-dealkylation sites (tertiary alicyclic amines) is 1. The van der Waals surface area contributed by atoms with Crippen LogP contribution < -0.4 is 5.32 Å². The molecule has 0 aliphatic carbocycles. The van der Waals surface area contributed by atoms with Gasteiger partial charge in [-0.1, -0.05) is 6.92 Å². The normalized spacial score (nSPS) is 25.2. The highest BCUT2D eigenvalue weighted by atomic mass is 16.5. The SMILES string of the molecule is COCCCNC(=O)C(C)N1CC(C)C(C(=O)O)C1. The maximum absolute atomic E-state index is 11.9. The average molecular weight is 272 g/mol. The van der Waals surface area contributed by atoms with Crippen molar-refractivity contribution in [2.24, 2.45) is 11.8 Å². The van der Waals surface area contributed by atoms with Crippen LogP contribution in [0.5, 0.6) is 0 Å². The molecule has 19 heavy (non-hydrogen) atoms. The van der Waals surface area contributed by atoms with E-state index >= 15 is 0 Å². The van der Waals surface area contributed by atoms with Crippen LogP contribution in [0.3, 0.4) is 0 Å². The van der Waals surface area contributed by atoms with Gasteiger partial charge in [0.25, 0.3) is 0 Å². The highest BCUT2D eigenvalue weighted by Crippen LogP contribution is 2.24. The van der Waals surface area contributed by atoms with Crippen molar-refractivity contribution in [2.75, 3.05) is 33.4 Å². The Labute approximate surface area is 114 Å². The zero-order chi connectivity index (χ0) is 14.4. The predicted octanol–water partition coefficient (Wildman–Crippen LogP) is 0.180. The van der Waals surface area contributed by atoms with Crippen molar-refractivity contribution < 1.29 is 19.4 Å². The Morgan fingerprint density at radius 3 is 2.68 bits per heavy atom. The van der Waals surface area contributed by atoms with Crippen LogP contribution in [-0.4, -0.2) is 61.3 Å². The fraction of sp³-hybridized carbons (Fsp3) is 0.846. The second kappa shape index (κ2) is 7.45. The van der Waals surface area contributed by atoms with Gasteiger partial charge in [-0.25, -0.2) is 0 Å². The molecule has 3 atom stereocenters. The third kappa shape index (κ3) is 4.47. The summed E-state index contributed by atoms with van der Waals surface area (Å²) in [5.41, 5.74) is 0. The molecule has 1 saturated heterocycles. The summed E-state index contributed by atoms with van der Waals surface area (Å²) in [6.45, 7) is 6.05. The zero-order valence-electron chi connectivity index (χ0n) is 11.9. The average Bonchev–Trinajstić information content (AvgIpc) is 2.75. The summed E-state index contributed by atoms with van der Waals surface area (Å²) in [5, 5.41) is 11.9. The smallest absolute Gasteiger partial charge is 0.308 e. The lowest BCUT2D eigenvalue weighted by atomic mass is 9.99. The molecular weight excluding hydrogens is 248 g/mol. The minimum Gasteiger partial charge on any atom is -0.481 e. The summed E-state index contributed by atoms with van der Waals surface area (Å²) in [4.78, 5) is 24.9. The van der Waals surface area contributed by atoms with Gasteiger partial charge in [-0.2, -0.15) is 0 Å². The topological polar surface area (TPSA) is 78.9 Å². The van der Waals surface area contributed by atoms with Crippen molar-refractivity contribution in [2.45, 2.75) is 26.3 Å². The van der Waals surface area contributed by atoms with Crippen molar-refractivity contribution >= 4 is 11.9 Å². The lowest BCUT2D eigenvalue weighted by Gasteiger charge is -2.23. The molecule has 0 aromatic carbocycles.